The quantitative estimate of drug-likeness (QED) is 0.848. The van der Waals surface area contributed by atoms with Gasteiger partial charge in [-0.25, -0.2) is 22.5 Å². The van der Waals surface area contributed by atoms with Crippen molar-refractivity contribution in [3.05, 3.63) is 24.1 Å². The van der Waals surface area contributed by atoms with Crippen LogP contribution in [0, 0.1) is 5.82 Å². The van der Waals surface area contributed by atoms with E-state index in [4.69, 9.17) is 0 Å². The van der Waals surface area contributed by atoms with Crippen LogP contribution in [-0.2, 0) is 10.0 Å². The summed E-state index contributed by atoms with van der Waals surface area (Å²) in [5, 5.41) is 2.64. The molecule has 0 bridgehead atoms. The molecule has 0 radical (unpaired) electrons. The third-order valence-corrected chi connectivity index (χ3v) is 4.42. The van der Waals surface area contributed by atoms with Gasteiger partial charge in [0.1, 0.15) is 0 Å². The standard InChI is InChI=1S/C11H16FN3O2S/c1-8-4-5-9(7-14-8)15-18(16,17)11-10(12)3-2-6-13-11/h2-3,6,8-9,14-15H,4-5,7H2,1H3. The molecular formula is C11H16FN3O2S. The molecule has 0 aromatic carbocycles. The number of rotatable bonds is 3. The summed E-state index contributed by atoms with van der Waals surface area (Å²) in [7, 11) is -3.88. The maximum atomic E-state index is 13.4. The van der Waals surface area contributed by atoms with Crippen LogP contribution in [0.1, 0.15) is 19.8 Å². The summed E-state index contributed by atoms with van der Waals surface area (Å²) in [4.78, 5) is 3.58. The molecule has 0 aliphatic carbocycles. The summed E-state index contributed by atoms with van der Waals surface area (Å²) in [5.41, 5.74) is 0. The summed E-state index contributed by atoms with van der Waals surface area (Å²) < 4.78 is 39.8. The molecular weight excluding hydrogens is 257 g/mol. The van der Waals surface area contributed by atoms with Crippen LogP contribution in [-0.4, -0.2) is 32.0 Å². The molecule has 0 saturated carbocycles. The molecule has 100 valence electrons. The van der Waals surface area contributed by atoms with Gasteiger partial charge in [0, 0.05) is 24.8 Å². The first-order valence-corrected chi connectivity index (χ1v) is 7.33. The van der Waals surface area contributed by atoms with Crippen molar-refractivity contribution in [1.82, 2.24) is 15.0 Å². The molecule has 1 aromatic heterocycles. The SMILES string of the molecule is CC1CCC(NS(=O)(=O)c2ncccc2F)CN1. The number of sulfonamides is 1. The normalized spacial score (nSPS) is 25.0. The van der Waals surface area contributed by atoms with E-state index in [1.54, 1.807) is 0 Å². The topological polar surface area (TPSA) is 71.1 Å². The van der Waals surface area contributed by atoms with Crippen molar-refractivity contribution in [3.63, 3.8) is 0 Å². The number of pyridine rings is 1. The average Bonchev–Trinajstić information content (AvgIpc) is 2.32. The lowest BCUT2D eigenvalue weighted by atomic mass is 10.0. The third-order valence-electron chi connectivity index (χ3n) is 2.96. The van der Waals surface area contributed by atoms with E-state index in [1.807, 2.05) is 6.92 Å². The number of nitrogens with one attached hydrogen (secondary N) is 2. The fraction of sp³-hybridized carbons (Fsp3) is 0.545. The number of hydrogen-bond acceptors (Lipinski definition) is 4. The Balaban J connectivity index is 2.11. The summed E-state index contributed by atoms with van der Waals surface area (Å²) in [5.74, 6) is -0.831. The molecule has 1 fully saturated rings. The maximum Gasteiger partial charge on any atom is 0.261 e. The minimum atomic E-state index is -3.88. The van der Waals surface area contributed by atoms with Crippen molar-refractivity contribution < 1.29 is 12.8 Å². The van der Waals surface area contributed by atoms with Crippen molar-refractivity contribution in [2.75, 3.05) is 6.54 Å². The molecule has 2 unspecified atom stereocenters. The first-order valence-electron chi connectivity index (χ1n) is 5.85. The first kappa shape index (κ1) is 13.4. The zero-order chi connectivity index (χ0) is 13.2. The van der Waals surface area contributed by atoms with Crippen molar-refractivity contribution in [1.29, 1.82) is 0 Å². The van der Waals surface area contributed by atoms with Gasteiger partial charge in [-0.05, 0) is 31.9 Å². The van der Waals surface area contributed by atoms with Crippen LogP contribution < -0.4 is 10.0 Å². The highest BCUT2D eigenvalue weighted by Crippen LogP contribution is 2.13. The van der Waals surface area contributed by atoms with Gasteiger partial charge in [0.15, 0.2) is 5.82 Å². The maximum absolute atomic E-state index is 13.4. The van der Waals surface area contributed by atoms with Gasteiger partial charge >= 0.3 is 0 Å². The largest absolute Gasteiger partial charge is 0.313 e. The highest BCUT2D eigenvalue weighted by molar-refractivity contribution is 7.89. The molecule has 1 saturated heterocycles. The molecule has 2 atom stereocenters. The van der Waals surface area contributed by atoms with Gasteiger partial charge in [-0.15, -0.1) is 0 Å². The zero-order valence-electron chi connectivity index (χ0n) is 10.1. The smallest absolute Gasteiger partial charge is 0.261 e. The molecule has 5 nitrogen and oxygen atoms in total. The summed E-state index contributed by atoms with van der Waals surface area (Å²) in [6, 6.07) is 2.62. The van der Waals surface area contributed by atoms with Crippen LogP contribution in [0.2, 0.25) is 0 Å². The lowest BCUT2D eigenvalue weighted by Gasteiger charge is -2.27. The molecule has 0 spiro atoms. The van der Waals surface area contributed by atoms with Crippen molar-refractivity contribution in [2.45, 2.75) is 36.9 Å². The average molecular weight is 273 g/mol. The molecule has 18 heavy (non-hydrogen) atoms. The van der Waals surface area contributed by atoms with E-state index in [1.165, 1.54) is 12.3 Å². The molecule has 1 aliphatic rings. The lowest BCUT2D eigenvalue weighted by Crippen LogP contribution is -2.48. The predicted molar refractivity (Wildman–Crippen MR) is 65.0 cm³/mol. The van der Waals surface area contributed by atoms with E-state index >= 15 is 0 Å². The highest BCUT2D eigenvalue weighted by Gasteiger charge is 2.26. The predicted octanol–water partition coefficient (Wildman–Crippen LogP) is 0.639. The van der Waals surface area contributed by atoms with Crippen molar-refractivity contribution in [3.8, 4) is 0 Å². The van der Waals surface area contributed by atoms with Crippen molar-refractivity contribution in [2.24, 2.45) is 0 Å². The molecule has 2 N–H and O–H groups in total. The Kier molecular flexibility index (Phi) is 3.94. The fourth-order valence-electron chi connectivity index (χ4n) is 1.94. The Labute approximate surface area is 106 Å². The highest BCUT2D eigenvalue weighted by atomic mass is 32.2. The van der Waals surface area contributed by atoms with Crippen LogP contribution in [0.4, 0.5) is 4.39 Å². The van der Waals surface area contributed by atoms with Crippen LogP contribution in [0.15, 0.2) is 23.4 Å². The van der Waals surface area contributed by atoms with Crippen LogP contribution in [0.25, 0.3) is 0 Å². The van der Waals surface area contributed by atoms with Gasteiger partial charge in [0.25, 0.3) is 10.0 Å². The Morgan fingerprint density at radius 3 is 2.89 bits per heavy atom. The van der Waals surface area contributed by atoms with Crippen LogP contribution in [0.5, 0.6) is 0 Å². The monoisotopic (exact) mass is 273 g/mol. The molecule has 2 heterocycles. The number of halogens is 1. The Morgan fingerprint density at radius 1 is 1.50 bits per heavy atom. The minimum absolute atomic E-state index is 0.215. The first-order chi connectivity index (χ1) is 8.49. The Hall–Kier alpha value is -1.05. The number of hydrogen-bond donors (Lipinski definition) is 2. The number of aromatic nitrogens is 1. The van der Waals surface area contributed by atoms with Gasteiger partial charge in [0.2, 0.25) is 5.03 Å². The van der Waals surface area contributed by atoms with Gasteiger partial charge < -0.3 is 5.32 Å². The minimum Gasteiger partial charge on any atom is -0.313 e. The van der Waals surface area contributed by atoms with Crippen molar-refractivity contribution >= 4 is 10.0 Å². The van der Waals surface area contributed by atoms with E-state index in [0.717, 1.165) is 18.9 Å². The van der Waals surface area contributed by atoms with Gasteiger partial charge in [0.05, 0.1) is 0 Å². The second-order valence-corrected chi connectivity index (χ2v) is 6.12. The van der Waals surface area contributed by atoms with E-state index in [2.05, 4.69) is 15.0 Å². The molecule has 1 aromatic rings. The van der Waals surface area contributed by atoms with Gasteiger partial charge in [-0.2, -0.15) is 0 Å². The molecule has 7 heteroatoms. The zero-order valence-corrected chi connectivity index (χ0v) is 10.9. The van der Waals surface area contributed by atoms with E-state index < -0.39 is 20.9 Å². The molecule has 0 amide bonds. The Bertz CT molecular complexity index is 513. The van der Waals surface area contributed by atoms with E-state index in [9.17, 15) is 12.8 Å². The summed E-state index contributed by atoms with van der Waals surface area (Å²) >= 11 is 0. The van der Waals surface area contributed by atoms with E-state index in [0.29, 0.717) is 12.6 Å². The Morgan fingerprint density at radius 2 is 2.28 bits per heavy atom. The second kappa shape index (κ2) is 5.29. The lowest BCUT2D eigenvalue weighted by molar-refractivity contribution is 0.365. The van der Waals surface area contributed by atoms with E-state index in [-0.39, 0.29) is 6.04 Å². The fourth-order valence-corrected chi connectivity index (χ4v) is 3.22. The second-order valence-electron chi connectivity index (χ2n) is 4.50. The van der Waals surface area contributed by atoms with Crippen LogP contribution >= 0.6 is 0 Å². The van der Waals surface area contributed by atoms with Gasteiger partial charge in [-0.3, -0.25) is 0 Å². The number of nitrogens with zero attached hydrogens (tertiary/aromatic N) is 1. The van der Waals surface area contributed by atoms with Crippen LogP contribution in [0.3, 0.4) is 0 Å². The number of piperidine rings is 1. The molecule has 1 aliphatic heterocycles. The van der Waals surface area contributed by atoms with Gasteiger partial charge in [-0.1, -0.05) is 0 Å². The summed E-state index contributed by atoms with van der Waals surface area (Å²) in [6.45, 7) is 2.60. The third kappa shape index (κ3) is 3.04. The molecule has 2 rings (SSSR count). The summed E-state index contributed by atoms with van der Waals surface area (Å²) in [6.07, 6.45) is 2.89.